The van der Waals surface area contributed by atoms with Crippen molar-refractivity contribution in [1.29, 1.82) is 0 Å². The Labute approximate surface area is 155 Å². The molecule has 0 spiro atoms. The van der Waals surface area contributed by atoms with Crippen molar-refractivity contribution in [3.05, 3.63) is 62.7 Å². The molecule has 0 atom stereocenters. The average molecular weight is 377 g/mol. The van der Waals surface area contributed by atoms with Crippen molar-refractivity contribution in [3.63, 3.8) is 0 Å². The van der Waals surface area contributed by atoms with Gasteiger partial charge in [-0.25, -0.2) is 0 Å². The number of carbonyl (C=O) groups is 1. The highest BCUT2D eigenvalue weighted by Gasteiger charge is 2.16. The molecule has 0 unspecified atom stereocenters. The summed E-state index contributed by atoms with van der Waals surface area (Å²) in [6, 6.07) is 9.61. The van der Waals surface area contributed by atoms with Crippen LogP contribution in [0.3, 0.4) is 0 Å². The summed E-state index contributed by atoms with van der Waals surface area (Å²) in [6.45, 7) is 1.41. The monoisotopic (exact) mass is 376 g/mol. The zero-order chi connectivity index (χ0) is 18.5. The highest BCUT2D eigenvalue weighted by Crippen LogP contribution is 2.38. The van der Waals surface area contributed by atoms with Gasteiger partial charge in [0, 0.05) is 18.7 Å². The van der Waals surface area contributed by atoms with Crippen molar-refractivity contribution >= 4 is 23.2 Å². The maximum absolute atomic E-state index is 12.0. The van der Waals surface area contributed by atoms with Gasteiger partial charge in [-0.05, 0) is 29.7 Å². The highest BCUT2D eigenvalue weighted by molar-refractivity contribution is 6.32. The Kier molecular flexibility index (Phi) is 5.58. The smallest absolute Gasteiger partial charge is 0.269 e. The van der Waals surface area contributed by atoms with Crippen molar-refractivity contribution in [1.82, 2.24) is 5.32 Å². The molecule has 1 heterocycles. The molecule has 0 bridgehead atoms. The van der Waals surface area contributed by atoms with Crippen molar-refractivity contribution in [2.24, 2.45) is 0 Å². The second-order valence-electron chi connectivity index (χ2n) is 5.80. The van der Waals surface area contributed by atoms with E-state index < -0.39 is 4.92 Å². The Hall–Kier alpha value is -2.80. The summed E-state index contributed by atoms with van der Waals surface area (Å²) in [5.41, 5.74) is 1.66. The molecule has 0 saturated heterocycles. The quantitative estimate of drug-likeness (QED) is 0.618. The van der Waals surface area contributed by atoms with Crippen molar-refractivity contribution < 1.29 is 19.2 Å². The number of amides is 1. The standard InChI is InChI=1S/C18H17ClN2O5/c19-15-9-13(10-16-18(15)26-8-7-25-16)5-6-20-17(22)11-12-1-3-14(4-2-12)21(23)24/h1-4,9-10H,5-8,11H2,(H,20,22). The molecule has 0 saturated carbocycles. The summed E-state index contributed by atoms with van der Waals surface area (Å²) in [4.78, 5) is 22.2. The first-order valence-electron chi connectivity index (χ1n) is 8.11. The molecule has 7 nitrogen and oxygen atoms in total. The molecule has 136 valence electrons. The maximum Gasteiger partial charge on any atom is 0.269 e. The molecule has 1 amide bonds. The lowest BCUT2D eigenvalue weighted by atomic mass is 10.1. The first-order chi connectivity index (χ1) is 12.5. The SMILES string of the molecule is O=C(Cc1ccc([N+](=O)[O-])cc1)NCCc1cc(Cl)c2c(c1)OCCO2. The summed E-state index contributed by atoms with van der Waals surface area (Å²) in [5, 5.41) is 13.9. The molecule has 1 aliphatic rings. The van der Waals surface area contributed by atoms with E-state index in [1.807, 2.05) is 6.07 Å². The number of hydrogen-bond donors (Lipinski definition) is 1. The van der Waals surface area contributed by atoms with Gasteiger partial charge in [0.25, 0.3) is 5.69 Å². The van der Waals surface area contributed by atoms with Crippen LogP contribution in [0.15, 0.2) is 36.4 Å². The van der Waals surface area contributed by atoms with Gasteiger partial charge < -0.3 is 14.8 Å². The van der Waals surface area contributed by atoms with Gasteiger partial charge >= 0.3 is 0 Å². The molecule has 1 N–H and O–H groups in total. The van der Waals surface area contributed by atoms with Crippen LogP contribution in [0.2, 0.25) is 5.02 Å². The van der Waals surface area contributed by atoms with E-state index in [9.17, 15) is 14.9 Å². The number of hydrogen-bond acceptors (Lipinski definition) is 5. The second kappa shape index (κ2) is 8.05. The molecule has 8 heteroatoms. The largest absolute Gasteiger partial charge is 0.486 e. The zero-order valence-corrected chi connectivity index (χ0v) is 14.6. The molecule has 2 aromatic rings. The lowest BCUT2D eigenvalue weighted by Gasteiger charge is -2.20. The fraction of sp³-hybridized carbons (Fsp3) is 0.278. The average Bonchev–Trinajstić information content (AvgIpc) is 2.62. The number of ether oxygens (including phenoxy) is 2. The summed E-state index contributed by atoms with van der Waals surface area (Å²) < 4.78 is 11.0. The van der Waals surface area contributed by atoms with Gasteiger partial charge in [-0.3, -0.25) is 14.9 Å². The topological polar surface area (TPSA) is 90.7 Å². The Morgan fingerprint density at radius 1 is 1.15 bits per heavy atom. The Bertz CT molecular complexity index is 823. The minimum atomic E-state index is -0.470. The summed E-state index contributed by atoms with van der Waals surface area (Å²) in [7, 11) is 0. The van der Waals surface area contributed by atoms with Gasteiger partial charge in [0.15, 0.2) is 11.5 Å². The minimum absolute atomic E-state index is 0.00430. The summed E-state index contributed by atoms with van der Waals surface area (Å²) in [6.07, 6.45) is 0.766. The van der Waals surface area contributed by atoms with Crippen LogP contribution in [-0.2, 0) is 17.6 Å². The minimum Gasteiger partial charge on any atom is -0.486 e. The number of non-ortho nitro benzene ring substituents is 1. The van der Waals surface area contributed by atoms with E-state index in [-0.39, 0.29) is 18.0 Å². The van der Waals surface area contributed by atoms with Gasteiger partial charge in [0.05, 0.1) is 16.4 Å². The third kappa shape index (κ3) is 4.43. The third-order valence-electron chi connectivity index (χ3n) is 3.90. The Morgan fingerprint density at radius 3 is 2.62 bits per heavy atom. The summed E-state index contributed by atoms with van der Waals surface area (Å²) in [5.74, 6) is 1.03. The number of nitrogens with zero attached hydrogens (tertiary/aromatic N) is 1. The van der Waals surface area contributed by atoms with Crippen molar-refractivity contribution in [3.8, 4) is 11.5 Å². The number of fused-ring (bicyclic) bond motifs is 1. The molecule has 0 fully saturated rings. The molecular weight excluding hydrogens is 360 g/mol. The van der Waals surface area contributed by atoms with Crippen LogP contribution in [0, 0.1) is 10.1 Å². The van der Waals surface area contributed by atoms with E-state index in [1.54, 1.807) is 18.2 Å². The molecule has 2 aromatic carbocycles. The number of carbonyl (C=O) groups excluding carboxylic acids is 1. The number of nitro groups is 1. The van der Waals surface area contributed by atoms with E-state index >= 15 is 0 Å². The van der Waals surface area contributed by atoms with Crippen LogP contribution in [0.1, 0.15) is 11.1 Å². The zero-order valence-electron chi connectivity index (χ0n) is 13.9. The third-order valence-corrected chi connectivity index (χ3v) is 4.19. The first kappa shape index (κ1) is 18.0. The summed E-state index contributed by atoms with van der Waals surface area (Å²) >= 11 is 6.19. The fourth-order valence-corrected chi connectivity index (χ4v) is 2.93. The predicted molar refractivity (Wildman–Crippen MR) is 96.0 cm³/mol. The maximum atomic E-state index is 12.0. The van der Waals surface area contributed by atoms with Crippen LogP contribution in [0.5, 0.6) is 11.5 Å². The lowest BCUT2D eigenvalue weighted by Crippen LogP contribution is -2.27. The normalized spacial score (nSPS) is 12.5. The lowest BCUT2D eigenvalue weighted by molar-refractivity contribution is -0.384. The molecule has 0 aliphatic carbocycles. The van der Waals surface area contributed by atoms with E-state index in [0.29, 0.717) is 42.7 Å². The number of benzene rings is 2. The number of rotatable bonds is 6. The van der Waals surface area contributed by atoms with Gasteiger partial charge in [-0.15, -0.1) is 0 Å². The van der Waals surface area contributed by atoms with Crippen molar-refractivity contribution in [2.45, 2.75) is 12.8 Å². The highest BCUT2D eigenvalue weighted by atomic mass is 35.5. The predicted octanol–water partition coefficient (Wildman–Crippen LogP) is 2.92. The van der Waals surface area contributed by atoms with Crippen LogP contribution in [0.25, 0.3) is 0 Å². The Morgan fingerprint density at radius 2 is 1.88 bits per heavy atom. The molecule has 3 rings (SSSR count). The number of nitrogens with one attached hydrogen (secondary N) is 1. The van der Waals surface area contributed by atoms with Crippen LogP contribution in [-0.4, -0.2) is 30.6 Å². The van der Waals surface area contributed by atoms with Gasteiger partial charge in [0.1, 0.15) is 13.2 Å². The first-order valence-corrected chi connectivity index (χ1v) is 8.49. The number of nitro benzene ring substituents is 1. The Balaban J connectivity index is 1.51. The van der Waals surface area contributed by atoms with Gasteiger partial charge in [0.2, 0.25) is 5.91 Å². The van der Waals surface area contributed by atoms with E-state index in [2.05, 4.69) is 5.32 Å². The van der Waals surface area contributed by atoms with E-state index in [1.165, 1.54) is 12.1 Å². The fourth-order valence-electron chi connectivity index (χ4n) is 2.64. The van der Waals surface area contributed by atoms with Crippen LogP contribution >= 0.6 is 11.6 Å². The van der Waals surface area contributed by atoms with Gasteiger partial charge in [-0.1, -0.05) is 23.7 Å². The van der Waals surface area contributed by atoms with Crippen LogP contribution < -0.4 is 14.8 Å². The second-order valence-corrected chi connectivity index (χ2v) is 6.21. The molecular formula is C18H17ClN2O5. The molecule has 26 heavy (non-hydrogen) atoms. The molecule has 1 aliphatic heterocycles. The molecule has 0 aromatic heterocycles. The van der Waals surface area contributed by atoms with Crippen molar-refractivity contribution in [2.75, 3.05) is 19.8 Å². The molecule has 0 radical (unpaired) electrons. The van der Waals surface area contributed by atoms with E-state index in [4.69, 9.17) is 21.1 Å². The van der Waals surface area contributed by atoms with Crippen LogP contribution in [0.4, 0.5) is 5.69 Å². The number of halogens is 1. The van der Waals surface area contributed by atoms with Gasteiger partial charge in [-0.2, -0.15) is 0 Å². The van der Waals surface area contributed by atoms with E-state index in [0.717, 1.165) is 11.1 Å².